The number of hydrogen-bond donors (Lipinski definition) is 2. The highest BCUT2D eigenvalue weighted by Crippen LogP contribution is 2.28. The molecule has 1 atom stereocenters. The van der Waals surface area contributed by atoms with Crippen molar-refractivity contribution in [3.63, 3.8) is 0 Å². The van der Waals surface area contributed by atoms with Crippen molar-refractivity contribution in [1.82, 2.24) is 20.3 Å². The summed E-state index contributed by atoms with van der Waals surface area (Å²) in [7, 11) is 0. The zero-order valence-corrected chi connectivity index (χ0v) is 15.4. The monoisotopic (exact) mass is 361 g/mol. The van der Waals surface area contributed by atoms with Gasteiger partial charge in [-0.05, 0) is 24.8 Å². The molecule has 2 N–H and O–H groups in total. The number of carbonyl (C=O) groups excluding carboxylic acids is 2. The predicted molar refractivity (Wildman–Crippen MR) is 98.2 cm³/mol. The summed E-state index contributed by atoms with van der Waals surface area (Å²) in [4.78, 5) is 34.2. The molecular weight excluding hydrogens is 338 g/mol. The van der Waals surface area contributed by atoms with Crippen molar-refractivity contribution in [2.45, 2.75) is 57.9 Å². The second-order valence-corrected chi connectivity index (χ2v) is 7.44. The third-order valence-electron chi connectivity index (χ3n) is 4.52. The first kappa shape index (κ1) is 17.6. The van der Waals surface area contributed by atoms with Crippen LogP contribution >= 0.6 is 11.3 Å². The quantitative estimate of drug-likeness (QED) is 0.553. The van der Waals surface area contributed by atoms with Gasteiger partial charge in [-0.1, -0.05) is 39.0 Å². The molecule has 134 valence electrons. The SMILES string of the molecule is CCCCCCCC1(C)NC(=O)N(Nc2ncnc3sccc23)C1=O. The Balaban J connectivity index is 1.68. The van der Waals surface area contributed by atoms with E-state index < -0.39 is 11.6 Å². The Morgan fingerprint density at radius 1 is 1.24 bits per heavy atom. The molecule has 0 spiro atoms. The van der Waals surface area contributed by atoms with Crippen LogP contribution in [0.3, 0.4) is 0 Å². The minimum absolute atomic E-state index is 0.269. The summed E-state index contributed by atoms with van der Waals surface area (Å²) in [6, 6.07) is 1.43. The lowest BCUT2D eigenvalue weighted by atomic mass is 9.94. The van der Waals surface area contributed by atoms with Crippen LogP contribution in [0.2, 0.25) is 0 Å². The number of carbonyl (C=O) groups is 2. The Morgan fingerprint density at radius 2 is 2.04 bits per heavy atom. The maximum atomic E-state index is 12.8. The van der Waals surface area contributed by atoms with E-state index in [2.05, 4.69) is 27.6 Å². The molecule has 0 bridgehead atoms. The maximum Gasteiger partial charge on any atom is 0.344 e. The van der Waals surface area contributed by atoms with E-state index in [1.54, 1.807) is 6.92 Å². The van der Waals surface area contributed by atoms with Gasteiger partial charge in [-0.2, -0.15) is 5.01 Å². The summed E-state index contributed by atoms with van der Waals surface area (Å²) in [5.74, 6) is 0.192. The molecular formula is C17H23N5O2S. The van der Waals surface area contributed by atoms with Crippen LogP contribution in [0.5, 0.6) is 0 Å². The minimum Gasteiger partial charge on any atom is -0.322 e. The Labute approximate surface area is 150 Å². The van der Waals surface area contributed by atoms with E-state index in [1.807, 2.05) is 11.4 Å². The molecule has 3 rings (SSSR count). The lowest BCUT2D eigenvalue weighted by Gasteiger charge is -2.21. The van der Waals surface area contributed by atoms with Gasteiger partial charge in [0.05, 0.1) is 5.39 Å². The number of hydrazine groups is 1. The zero-order chi connectivity index (χ0) is 17.9. The zero-order valence-electron chi connectivity index (χ0n) is 14.5. The highest BCUT2D eigenvalue weighted by atomic mass is 32.1. The molecule has 0 saturated carbocycles. The van der Waals surface area contributed by atoms with Crippen LogP contribution in [-0.4, -0.2) is 32.5 Å². The lowest BCUT2D eigenvalue weighted by Crippen LogP contribution is -2.44. The maximum absolute atomic E-state index is 12.8. The van der Waals surface area contributed by atoms with Crippen molar-refractivity contribution in [2.24, 2.45) is 0 Å². The smallest absolute Gasteiger partial charge is 0.322 e. The van der Waals surface area contributed by atoms with Crippen LogP contribution in [0.4, 0.5) is 10.6 Å². The van der Waals surface area contributed by atoms with Crippen LogP contribution < -0.4 is 10.7 Å². The van der Waals surface area contributed by atoms with E-state index in [4.69, 9.17) is 0 Å². The first-order valence-corrected chi connectivity index (χ1v) is 9.54. The third-order valence-corrected chi connectivity index (χ3v) is 5.34. The molecule has 8 heteroatoms. The Kier molecular flexibility index (Phi) is 5.17. The number of aromatic nitrogens is 2. The number of anilines is 1. The van der Waals surface area contributed by atoms with Gasteiger partial charge in [0.1, 0.15) is 16.7 Å². The molecule has 1 saturated heterocycles. The highest BCUT2D eigenvalue weighted by Gasteiger charge is 2.48. The summed E-state index contributed by atoms with van der Waals surface area (Å²) in [5, 5.41) is 6.54. The lowest BCUT2D eigenvalue weighted by molar-refractivity contribution is -0.130. The van der Waals surface area contributed by atoms with E-state index in [-0.39, 0.29) is 5.91 Å². The van der Waals surface area contributed by atoms with E-state index in [0.717, 1.165) is 34.5 Å². The predicted octanol–water partition coefficient (Wildman–Crippen LogP) is 3.69. The van der Waals surface area contributed by atoms with Crippen molar-refractivity contribution >= 4 is 39.3 Å². The second-order valence-electron chi connectivity index (χ2n) is 6.54. The summed E-state index contributed by atoms with van der Waals surface area (Å²) >= 11 is 1.48. The Hall–Kier alpha value is -2.22. The molecule has 3 amide bonds. The molecule has 0 aliphatic carbocycles. The fraction of sp³-hybridized carbons (Fsp3) is 0.529. The number of rotatable bonds is 8. The second kappa shape index (κ2) is 7.35. The van der Waals surface area contributed by atoms with Gasteiger partial charge in [-0.3, -0.25) is 10.2 Å². The summed E-state index contributed by atoms with van der Waals surface area (Å²) in [5.41, 5.74) is 2.00. The van der Waals surface area contributed by atoms with E-state index in [9.17, 15) is 9.59 Å². The molecule has 1 fully saturated rings. The van der Waals surface area contributed by atoms with Gasteiger partial charge in [0.2, 0.25) is 0 Å². The molecule has 1 aliphatic heterocycles. The van der Waals surface area contributed by atoms with Crippen molar-refractivity contribution in [3.05, 3.63) is 17.8 Å². The summed E-state index contributed by atoms with van der Waals surface area (Å²) < 4.78 is 0. The fourth-order valence-electron chi connectivity index (χ4n) is 3.02. The number of nitrogens with zero attached hydrogens (tertiary/aromatic N) is 3. The van der Waals surface area contributed by atoms with Gasteiger partial charge in [0.15, 0.2) is 5.82 Å². The molecule has 0 aromatic carbocycles. The van der Waals surface area contributed by atoms with Crippen LogP contribution in [0, 0.1) is 0 Å². The topological polar surface area (TPSA) is 87.2 Å². The molecule has 1 aliphatic rings. The molecule has 0 radical (unpaired) electrons. The summed E-state index contributed by atoms with van der Waals surface area (Å²) in [6.45, 7) is 3.96. The van der Waals surface area contributed by atoms with Crippen molar-refractivity contribution in [2.75, 3.05) is 5.43 Å². The summed E-state index contributed by atoms with van der Waals surface area (Å²) in [6.07, 6.45) is 7.59. The first-order valence-electron chi connectivity index (χ1n) is 8.67. The Morgan fingerprint density at radius 3 is 2.84 bits per heavy atom. The number of amides is 3. The van der Waals surface area contributed by atoms with Crippen molar-refractivity contribution in [1.29, 1.82) is 0 Å². The van der Waals surface area contributed by atoms with Crippen LogP contribution in [-0.2, 0) is 4.79 Å². The standard InChI is InChI=1S/C17H23N5O2S/c1-3-4-5-6-7-9-17(2)15(23)22(16(24)20-17)21-13-12-8-10-25-14(12)19-11-18-13/h8,10-11H,3-7,9H2,1-2H3,(H,20,24)(H,18,19,21). The van der Waals surface area contributed by atoms with Gasteiger partial charge in [0.25, 0.3) is 5.91 Å². The number of urea groups is 1. The third kappa shape index (κ3) is 3.58. The van der Waals surface area contributed by atoms with Gasteiger partial charge < -0.3 is 5.32 Å². The van der Waals surface area contributed by atoms with Crippen LogP contribution in [0.25, 0.3) is 10.2 Å². The molecule has 2 aromatic rings. The number of nitrogens with one attached hydrogen (secondary N) is 2. The van der Waals surface area contributed by atoms with Crippen molar-refractivity contribution < 1.29 is 9.59 Å². The normalized spacial score (nSPS) is 20.3. The van der Waals surface area contributed by atoms with Crippen LogP contribution in [0.1, 0.15) is 52.4 Å². The van der Waals surface area contributed by atoms with E-state index in [0.29, 0.717) is 12.2 Å². The fourth-order valence-corrected chi connectivity index (χ4v) is 3.76. The Bertz CT molecular complexity index is 777. The molecule has 1 unspecified atom stereocenters. The highest BCUT2D eigenvalue weighted by molar-refractivity contribution is 7.16. The van der Waals surface area contributed by atoms with Gasteiger partial charge >= 0.3 is 6.03 Å². The average molecular weight is 361 g/mol. The van der Waals surface area contributed by atoms with E-state index in [1.165, 1.54) is 30.5 Å². The molecule has 25 heavy (non-hydrogen) atoms. The van der Waals surface area contributed by atoms with Gasteiger partial charge in [0, 0.05) is 0 Å². The minimum atomic E-state index is -0.864. The number of imide groups is 1. The molecule has 7 nitrogen and oxygen atoms in total. The van der Waals surface area contributed by atoms with E-state index >= 15 is 0 Å². The number of hydrogen-bond acceptors (Lipinski definition) is 6. The molecule has 3 heterocycles. The van der Waals surface area contributed by atoms with Gasteiger partial charge in [-0.25, -0.2) is 14.8 Å². The number of fused-ring (bicyclic) bond motifs is 1. The van der Waals surface area contributed by atoms with Crippen LogP contribution in [0.15, 0.2) is 17.8 Å². The average Bonchev–Trinajstić information content (AvgIpc) is 3.15. The molecule has 2 aromatic heterocycles. The number of thiophene rings is 1. The van der Waals surface area contributed by atoms with Crippen molar-refractivity contribution in [3.8, 4) is 0 Å². The number of unbranched alkanes of at least 4 members (excludes halogenated alkanes) is 4. The van der Waals surface area contributed by atoms with Gasteiger partial charge in [-0.15, -0.1) is 11.3 Å². The largest absolute Gasteiger partial charge is 0.344 e. The first-order chi connectivity index (χ1) is 12.0.